The third-order valence-electron chi connectivity index (χ3n) is 3.62. The van der Waals surface area contributed by atoms with E-state index in [4.69, 9.17) is 0 Å². The molecule has 1 atom stereocenters. The molecule has 1 aliphatic rings. The molecule has 0 radical (unpaired) electrons. The van der Waals surface area contributed by atoms with Gasteiger partial charge in [-0.3, -0.25) is 9.69 Å². The number of carbonyl (C=O) groups excluding carboxylic acids is 1. The van der Waals surface area contributed by atoms with Gasteiger partial charge in [-0.2, -0.15) is 0 Å². The first-order chi connectivity index (χ1) is 9.58. The summed E-state index contributed by atoms with van der Waals surface area (Å²) >= 11 is 0. The predicted octanol–water partition coefficient (Wildman–Crippen LogP) is 0.501. The first-order valence-electron chi connectivity index (χ1n) is 6.99. The van der Waals surface area contributed by atoms with Crippen LogP contribution >= 0.6 is 0 Å². The van der Waals surface area contributed by atoms with Gasteiger partial charge < -0.3 is 10.2 Å². The van der Waals surface area contributed by atoms with Crippen LogP contribution in [-0.2, 0) is 11.3 Å². The van der Waals surface area contributed by atoms with Crippen LogP contribution in [0.1, 0.15) is 18.4 Å². The van der Waals surface area contributed by atoms with Crippen LogP contribution in [0.25, 0.3) is 0 Å². The fourth-order valence-electron chi connectivity index (χ4n) is 2.51. The van der Waals surface area contributed by atoms with Crippen LogP contribution < -0.4 is 10.2 Å². The van der Waals surface area contributed by atoms with Gasteiger partial charge in [-0.1, -0.05) is 0 Å². The molecule has 0 bridgehead atoms. The predicted molar refractivity (Wildman–Crippen MR) is 78.4 cm³/mol. The summed E-state index contributed by atoms with van der Waals surface area (Å²) in [7, 11) is 5.55. The molecule has 0 aliphatic carbocycles. The Morgan fingerprint density at radius 1 is 1.45 bits per heavy atom. The van der Waals surface area contributed by atoms with E-state index in [-0.39, 0.29) is 5.91 Å². The van der Waals surface area contributed by atoms with Crippen molar-refractivity contribution in [1.29, 1.82) is 0 Å². The molecular formula is C14H23N5O. The second-order valence-electron chi connectivity index (χ2n) is 5.55. The Morgan fingerprint density at radius 3 is 2.75 bits per heavy atom. The van der Waals surface area contributed by atoms with Crippen molar-refractivity contribution >= 4 is 11.9 Å². The Morgan fingerprint density at radius 2 is 2.15 bits per heavy atom. The van der Waals surface area contributed by atoms with Crippen molar-refractivity contribution in [3.05, 3.63) is 18.0 Å². The summed E-state index contributed by atoms with van der Waals surface area (Å²) in [6, 6.07) is 0. The Hall–Kier alpha value is -1.69. The second-order valence-corrected chi connectivity index (χ2v) is 5.55. The van der Waals surface area contributed by atoms with E-state index >= 15 is 0 Å². The largest absolute Gasteiger partial charge is 0.359 e. The van der Waals surface area contributed by atoms with Crippen LogP contribution in [0.3, 0.4) is 0 Å². The van der Waals surface area contributed by atoms with E-state index in [2.05, 4.69) is 20.2 Å². The van der Waals surface area contributed by atoms with Crippen molar-refractivity contribution in [3.63, 3.8) is 0 Å². The lowest BCUT2D eigenvalue weighted by Gasteiger charge is -2.16. The van der Waals surface area contributed by atoms with Gasteiger partial charge in [0.05, 0.1) is 0 Å². The molecule has 6 heteroatoms. The van der Waals surface area contributed by atoms with E-state index in [9.17, 15) is 4.79 Å². The lowest BCUT2D eigenvalue weighted by atomic mass is 10.0. The number of amides is 1. The second kappa shape index (κ2) is 6.65. The average molecular weight is 277 g/mol. The van der Waals surface area contributed by atoms with Gasteiger partial charge in [-0.05, 0) is 18.9 Å². The number of rotatable bonds is 5. The van der Waals surface area contributed by atoms with Crippen molar-refractivity contribution in [2.45, 2.75) is 19.4 Å². The van der Waals surface area contributed by atoms with Gasteiger partial charge in [0, 0.05) is 58.6 Å². The van der Waals surface area contributed by atoms with Crippen LogP contribution in [0.4, 0.5) is 5.95 Å². The molecule has 1 aromatic heterocycles. The van der Waals surface area contributed by atoms with E-state index in [0.29, 0.717) is 12.3 Å². The molecule has 1 saturated heterocycles. The summed E-state index contributed by atoms with van der Waals surface area (Å²) in [6.45, 7) is 2.87. The molecular weight excluding hydrogens is 254 g/mol. The van der Waals surface area contributed by atoms with Crippen LogP contribution in [0.2, 0.25) is 0 Å². The van der Waals surface area contributed by atoms with Crippen LogP contribution in [0, 0.1) is 5.92 Å². The lowest BCUT2D eigenvalue weighted by Crippen LogP contribution is -2.24. The zero-order chi connectivity index (χ0) is 14.5. The molecule has 1 aromatic rings. The monoisotopic (exact) mass is 277 g/mol. The van der Waals surface area contributed by atoms with Crippen molar-refractivity contribution in [3.8, 4) is 0 Å². The molecule has 1 unspecified atom stereocenters. The zero-order valence-corrected chi connectivity index (χ0v) is 12.5. The van der Waals surface area contributed by atoms with Crippen molar-refractivity contribution in [2.75, 3.05) is 39.1 Å². The number of hydrogen-bond donors (Lipinski definition) is 1. The Kier molecular flexibility index (Phi) is 4.89. The number of likely N-dealkylation sites (tertiary alicyclic amines) is 1. The Bertz CT molecular complexity index is 445. The number of anilines is 1. The normalized spacial score (nSPS) is 19.1. The maximum Gasteiger partial charge on any atom is 0.224 e. The van der Waals surface area contributed by atoms with Crippen LogP contribution in [0.5, 0.6) is 0 Å². The smallest absolute Gasteiger partial charge is 0.224 e. The summed E-state index contributed by atoms with van der Waals surface area (Å²) < 4.78 is 0. The Labute approximate surface area is 120 Å². The molecule has 20 heavy (non-hydrogen) atoms. The van der Waals surface area contributed by atoms with Gasteiger partial charge >= 0.3 is 0 Å². The number of aromatic nitrogens is 2. The fraction of sp³-hybridized carbons (Fsp3) is 0.643. The molecule has 2 heterocycles. The highest BCUT2D eigenvalue weighted by Gasteiger charge is 2.24. The van der Waals surface area contributed by atoms with Gasteiger partial charge in [0.25, 0.3) is 0 Å². The van der Waals surface area contributed by atoms with E-state index in [0.717, 1.165) is 37.6 Å². The van der Waals surface area contributed by atoms with E-state index in [1.54, 1.807) is 7.05 Å². The number of nitrogens with one attached hydrogen (secondary N) is 1. The van der Waals surface area contributed by atoms with E-state index in [1.807, 2.05) is 31.4 Å². The highest BCUT2D eigenvalue weighted by molar-refractivity contribution is 5.75. The number of nitrogens with zero attached hydrogens (tertiary/aromatic N) is 4. The average Bonchev–Trinajstić information content (AvgIpc) is 2.86. The minimum absolute atomic E-state index is 0.135. The molecule has 6 nitrogen and oxygen atoms in total. The summed E-state index contributed by atoms with van der Waals surface area (Å²) in [6.07, 6.45) is 5.48. The van der Waals surface area contributed by atoms with Crippen molar-refractivity contribution in [2.24, 2.45) is 5.92 Å². The molecule has 1 fully saturated rings. The summed E-state index contributed by atoms with van der Waals surface area (Å²) in [5.74, 6) is 1.33. The van der Waals surface area contributed by atoms with Gasteiger partial charge in [0.15, 0.2) is 0 Å². The topological polar surface area (TPSA) is 61.4 Å². The minimum Gasteiger partial charge on any atom is -0.359 e. The molecule has 1 aliphatic heterocycles. The van der Waals surface area contributed by atoms with Gasteiger partial charge in [-0.25, -0.2) is 9.97 Å². The zero-order valence-electron chi connectivity index (χ0n) is 12.5. The molecule has 0 aromatic carbocycles. The first kappa shape index (κ1) is 14.7. The molecule has 2 rings (SSSR count). The number of carbonyl (C=O) groups is 1. The maximum absolute atomic E-state index is 11.4. The van der Waals surface area contributed by atoms with E-state index in [1.165, 1.54) is 0 Å². The first-order valence-corrected chi connectivity index (χ1v) is 6.99. The Balaban J connectivity index is 1.84. The number of hydrogen-bond acceptors (Lipinski definition) is 5. The van der Waals surface area contributed by atoms with Gasteiger partial charge in [0.1, 0.15) is 0 Å². The summed E-state index contributed by atoms with van der Waals surface area (Å²) in [4.78, 5) is 24.3. The highest BCUT2D eigenvalue weighted by atomic mass is 16.1. The summed E-state index contributed by atoms with van der Waals surface area (Å²) in [5.41, 5.74) is 1.12. The van der Waals surface area contributed by atoms with Crippen molar-refractivity contribution in [1.82, 2.24) is 20.2 Å². The maximum atomic E-state index is 11.4. The van der Waals surface area contributed by atoms with Crippen LogP contribution in [-0.4, -0.2) is 55.0 Å². The van der Waals surface area contributed by atoms with E-state index < -0.39 is 0 Å². The molecule has 110 valence electrons. The van der Waals surface area contributed by atoms with Crippen LogP contribution in [0.15, 0.2) is 12.4 Å². The van der Waals surface area contributed by atoms with Gasteiger partial charge in [0.2, 0.25) is 11.9 Å². The third-order valence-corrected chi connectivity index (χ3v) is 3.62. The molecule has 1 amide bonds. The molecule has 0 spiro atoms. The SMILES string of the molecule is CNC(=O)CC1CCN(Cc2cnc(N(C)C)nc2)C1. The molecule has 0 saturated carbocycles. The molecule has 1 N–H and O–H groups in total. The lowest BCUT2D eigenvalue weighted by molar-refractivity contribution is -0.121. The minimum atomic E-state index is 0.135. The fourth-order valence-corrected chi connectivity index (χ4v) is 2.51. The standard InChI is InChI=1S/C14H23N5O/c1-15-13(20)6-11-4-5-19(9-11)10-12-7-16-14(17-8-12)18(2)3/h7-8,11H,4-6,9-10H2,1-3H3,(H,15,20). The van der Waals surface area contributed by atoms with Crippen molar-refractivity contribution < 1.29 is 4.79 Å². The van der Waals surface area contributed by atoms with Gasteiger partial charge in [-0.15, -0.1) is 0 Å². The third kappa shape index (κ3) is 3.90. The quantitative estimate of drug-likeness (QED) is 0.849. The summed E-state index contributed by atoms with van der Waals surface area (Å²) in [5, 5.41) is 2.69. The highest BCUT2D eigenvalue weighted by Crippen LogP contribution is 2.21.